The molecule has 0 saturated heterocycles. The van der Waals surface area contributed by atoms with Crippen molar-refractivity contribution in [3.63, 3.8) is 0 Å². The first-order chi connectivity index (χ1) is 14.8. The standard InChI is InChI=1S/C21H21Cl2N3O4S/c1-2-3-9-30-20(27)14-26(13-15-5-4-8-24-11-15)31(28,29)16-6-7-17-18(10-16)21(23)25-12-19(17)22/h4-8,10-12H,2-3,9,13-14H2,1H3. The maximum absolute atomic E-state index is 13.4. The summed E-state index contributed by atoms with van der Waals surface area (Å²) in [5.41, 5.74) is 0.635. The Morgan fingerprint density at radius 3 is 2.68 bits per heavy atom. The fraction of sp³-hybridized carbons (Fsp3) is 0.286. The molecule has 2 aromatic heterocycles. The summed E-state index contributed by atoms with van der Waals surface area (Å²) < 4.78 is 33.1. The number of carbonyl (C=O) groups is 1. The van der Waals surface area contributed by atoms with E-state index in [1.807, 2.05) is 6.92 Å². The Morgan fingerprint density at radius 2 is 1.97 bits per heavy atom. The van der Waals surface area contributed by atoms with Gasteiger partial charge in [-0.05, 0) is 30.2 Å². The third-order valence-electron chi connectivity index (χ3n) is 4.55. The van der Waals surface area contributed by atoms with Gasteiger partial charge in [0.25, 0.3) is 0 Å². The minimum absolute atomic E-state index is 0.0313. The van der Waals surface area contributed by atoms with Gasteiger partial charge in [-0.2, -0.15) is 4.31 Å². The third-order valence-corrected chi connectivity index (χ3v) is 6.94. The topological polar surface area (TPSA) is 89.5 Å². The van der Waals surface area contributed by atoms with E-state index in [0.29, 0.717) is 27.8 Å². The second kappa shape index (κ2) is 10.4. The number of unbranched alkanes of at least 4 members (excludes halogenated alkanes) is 1. The van der Waals surface area contributed by atoms with Crippen LogP contribution in [0.1, 0.15) is 25.3 Å². The lowest BCUT2D eigenvalue weighted by Crippen LogP contribution is -2.36. The van der Waals surface area contributed by atoms with Crippen molar-refractivity contribution < 1.29 is 17.9 Å². The number of ether oxygens (including phenoxy) is 1. The summed E-state index contributed by atoms with van der Waals surface area (Å²) in [5, 5.41) is 1.48. The van der Waals surface area contributed by atoms with E-state index in [1.165, 1.54) is 18.3 Å². The molecule has 0 radical (unpaired) electrons. The molecule has 0 fully saturated rings. The molecule has 0 saturated carbocycles. The summed E-state index contributed by atoms with van der Waals surface area (Å²) in [5.74, 6) is -0.621. The maximum atomic E-state index is 13.4. The van der Waals surface area contributed by atoms with Crippen molar-refractivity contribution in [3.8, 4) is 0 Å². The van der Waals surface area contributed by atoms with Gasteiger partial charge in [-0.15, -0.1) is 0 Å². The van der Waals surface area contributed by atoms with Crippen LogP contribution in [0.5, 0.6) is 0 Å². The van der Waals surface area contributed by atoms with Crippen LogP contribution in [-0.2, 0) is 26.1 Å². The summed E-state index contributed by atoms with van der Waals surface area (Å²) in [6.45, 7) is 1.74. The number of benzene rings is 1. The number of halogens is 2. The zero-order chi connectivity index (χ0) is 22.4. The number of carbonyl (C=O) groups excluding carboxylic acids is 1. The van der Waals surface area contributed by atoms with Gasteiger partial charge < -0.3 is 4.74 Å². The Hall–Kier alpha value is -2.26. The molecule has 0 amide bonds. The van der Waals surface area contributed by atoms with E-state index >= 15 is 0 Å². The number of hydrogen-bond donors (Lipinski definition) is 0. The van der Waals surface area contributed by atoms with E-state index in [2.05, 4.69) is 9.97 Å². The van der Waals surface area contributed by atoms with Crippen LogP contribution in [0.3, 0.4) is 0 Å². The Kier molecular flexibility index (Phi) is 7.83. The van der Waals surface area contributed by atoms with Gasteiger partial charge in [0.05, 0.1) is 16.5 Å². The van der Waals surface area contributed by atoms with E-state index in [-0.39, 0.29) is 23.2 Å². The van der Waals surface area contributed by atoms with Crippen molar-refractivity contribution in [2.24, 2.45) is 0 Å². The number of esters is 1. The number of hydrogen-bond acceptors (Lipinski definition) is 6. The van der Waals surface area contributed by atoms with Gasteiger partial charge in [0, 0.05) is 35.9 Å². The van der Waals surface area contributed by atoms with Crippen molar-refractivity contribution >= 4 is 50.0 Å². The number of fused-ring (bicyclic) bond motifs is 1. The molecule has 0 spiro atoms. The predicted molar refractivity (Wildman–Crippen MR) is 119 cm³/mol. The van der Waals surface area contributed by atoms with Crippen molar-refractivity contribution in [2.45, 2.75) is 31.2 Å². The molecule has 1 aromatic carbocycles. The molecule has 2 heterocycles. The molecule has 3 aromatic rings. The maximum Gasteiger partial charge on any atom is 0.321 e. The molecular formula is C21H21Cl2N3O4S. The molecule has 0 unspecified atom stereocenters. The molecule has 7 nitrogen and oxygen atoms in total. The molecule has 0 atom stereocenters. The Labute approximate surface area is 191 Å². The molecule has 0 aliphatic heterocycles. The number of aromatic nitrogens is 2. The van der Waals surface area contributed by atoms with Crippen LogP contribution >= 0.6 is 23.2 Å². The van der Waals surface area contributed by atoms with Gasteiger partial charge in [0.15, 0.2) is 0 Å². The van der Waals surface area contributed by atoms with Crippen LogP contribution in [0.4, 0.5) is 0 Å². The normalized spacial score (nSPS) is 11.7. The van der Waals surface area contributed by atoms with Crippen molar-refractivity contribution in [1.29, 1.82) is 0 Å². The van der Waals surface area contributed by atoms with E-state index in [4.69, 9.17) is 27.9 Å². The monoisotopic (exact) mass is 481 g/mol. The van der Waals surface area contributed by atoms with Gasteiger partial charge in [-0.1, -0.05) is 48.7 Å². The first-order valence-corrected chi connectivity index (χ1v) is 11.8. The predicted octanol–water partition coefficient (Wildman–Crippen LogP) is 4.47. The molecule has 3 rings (SSSR count). The fourth-order valence-corrected chi connectivity index (χ4v) is 4.72. The SMILES string of the molecule is CCCCOC(=O)CN(Cc1cccnc1)S(=O)(=O)c1ccc2c(Cl)cnc(Cl)c2c1. The number of sulfonamides is 1. The lowest BCUT2D eigenvalue weighted by molar-refractivity contribution is -0.144. The lowest BCUT2D eigenvalue weighted by atomic mass is 10.2. The first-order valence-electron chi connectivity index (χ1n) is 9.61. The highest BCUT2D eigenvalue weighted by molar-refractivity contribution is 7.89. The molecule has 164 valence electrons. The molecule has 0 aliphatic rings. The summed E-state index contributed by atoms with van der Waals surface area (Å²) in [6.07, 6.45) is 6.11. The zero-order valence-corrected chi connectivity index (χ0v) is 19.1. The fourth-order valence-electron chi connectivity index (χ4n) is 2.91. The number of nitrogens with zero attached hydrogens (tertiary/aromatic N) is 3. The number of pyridine rings is 2. The van der Waals surface area contributed by atoms with Crippen LogP contribution in [-0.4, -0.2) is 41.8 Å². The van der Waals surface area contributed by atoms with Crippen LogP contribution in [0.15, 0.2) is 53.8 Å². The molecule has 31 heavy (non-hydrogen) atoms. The van der Waals surface area contributed by atoms with Gasteiger partial charge in [0.2, 0.25) is 10.0 Å². The molecule has 0 aliphatic carbocycles. The van der Waals surface area contributed by atoms with E-state index < -0.39 is 22.5 Å². The highest BCUT2D eigenvalue weighted by atomic mass is 35.5. The van der Waals surface area contributed by atoms with Crippen LogP contribution in [0.2, 0.25) is 10.2 Å². The van der Waals surface area contributed by atoms with Crippen molar-refractivity contribution in [3.05, 3.63) is 64.7 Å². The van der Waals surface area contributed by atoms with Gasteiger partial charge in [-0.25, -0.2) is 13.4 Å². The van der Waals surface area contributed by atoms with Gasteiger partial charge in [-0.3, -0.25) is 9.78 Å². The zero-order valence-electron chi connectivity index (χ0n) is 16.8. The summed E-state index contributed by atoms with van der Waals surface area (Å²) in [6, 6.07) is 7.84. The van der Waals surface area contributed by atoms with Crippen LogP contribution in [0.25, 0.3) is 10.8 Å². The quantitative estimate of drug-likeness (QED) is 0.254. The minimum atomic E-state index is -4.07. The van der Waals surface area contributed by atoms with Gasteiger partial charge >= 0.3 is 5.97 Å². The third kappa shape index (κ3) is 5.71. The van der Waals surface area contributed by atoms with Gasteiger partial charge in [0.1, 0.15) is 11.7 Å². The largest absolute Gasteiger partial charge is 0.465 e. The van der Waals surface area contributed by atoms with Crippen LogP contribution < -0.4 is 0 Å². The Bertz CT molecular complexity index is 1170. The smallest absolute Gasteiger partial charge is 0.321 e. The first kappa shape index (κ1) is 23.4. The summed E-state index contributed by atoms with van der Waals surface area (Å²) in [4.78, 5) is 20.3. The molecule has 0 N–H and O–H groups in total. The summed E-state index contributed by atoms with van der Waals surface area (Å²) >= 11 is 12.3. The molecule has 10 heteroatoms. The van der Waals surface area contributed by atoms with E-state index in [0.717, 1.165) is 10.7 Å². The van der Waals surface area contributed by atoms with E-state index in [1.54, 1.807) is 30.6 Å². The van der Waals surface area contributed by atoms with Crippen molar-refractivity contribution in [1.82, 2.24) is 14.3 Å². The van der Waals surface area contributed by atoms with Crippen molar-refractivity contribution in [2.75, 3.05) is 13.2 Å². The second-order valence-electron chi connectivity index (χ2n) is 6.81. The lowest BCUT2D eigenvalue weighted by Gasteiger charge is -2.22. The molecular weight excluding hydrogens is 461 g/mol. The van der Waals surface area contributed by atoms with Crippen LogP contribution in [0, 0.1) is 0 Å². The minimum Gasteiger partial charge on any atom is -0.465 e. The average Bonchev–Trinajstić information content (AvgIpc) is 2.76. The highest BCUT2D eigenvalue weighted by Gasteiger charge is 2.28. The molecule has 0 bridgehead atoms. The summed E-state index contributed by atoms with van der Waals surface area (Å²) in [7, 11) is -4.07. The Balaban J connectivity index is 1.97. The highest BCUT2D eigenvalue weighted by Crippen LogP contribution is 2.31. The Morgan fingerprint density at radius 1 is 1.16 bits per heavy atom. The number of rotatable bonds is 9. The average molecular weight is 482 g/mol. The van der Waals surface area contributed by atoms with E-state index in [9.17, 15) is 13.2 Å². The second-order valence-corrected chi connectivity index (χ2v) is 9.52.